The molecule has 11 nitrogen and oxygen atoms in total. The molecule has 0 saturated heterocycles. The first-order valence-electron chi connectivity index (χ1n) is 14.2. The molecule has 234 valence electrons. The van der Waals surface area contributed by atoms with E-state index in [4.69, 9.17) is 32.2 Å². The number of hydrogen-bond acceptors (Lipinski definition) is 8. The predicted molar refractivity (Wildman–Crippen MR) is 165 cm³/mol. The van der Waals surface area contributed by atoms with Crippen LogP contribution in [0.25, 0.3) is 0 Å². The van der Waals surface area contributed by atoms with E-state index in [2.05, 4.69) is 5.32 Å². The Morgan fingerprint density at radius 2 is 1.62 bits per heavy atom. The third kappa shape index (κ3) is 20.1. The van der Waals surface area contributed by atoms with Crippen LogP contribution in [0.5, 0.6) is 5.75 Å². The molecule has 1 amide bonds. The van der Waals surface area contributed by atoms with Crippen molar-refractivity contribution in [3.63, 3.8) is 0 Å². The lowest BCUT2D eigenvalue weighted by Gasteiger charge is -2.15. The number of rotatable bonds is 11. The van der Waals surface area contributed by atoms with Gasteiger partial charge >= 0.3 is 11.9 Å². The number of nitrogens with two attached hydrogens (primary N) is 3. The van der Waals surface area contributed by atoms with E-state index < -0.39 is 18.0 Å². The minimum Gasteiger partial charge on any atom is -0.497 e. The lowest BCUT2D eigenvalue weighted by molar-refractivity contribution is -0.139. The van der Waals surface area contributed by atoms with Gasteiger partial charge < -0.3 is 37.5 Å². The highest BCUT2D eigenvalue weighted by atomic mass is 16.5. The normalized spacial score (nSPS) is 12.9. The minimum atomic E-state index is -0.955. The van der Waals surface area contributed by atoms with Crippen molar-refractivity contribution in [3.05, 3.63) is 59.7 Å². The molecule has 0 aromatic heterocycles. The average molecular weight is 589 g/mol. The lowest BCUT2D eigenvalue weighted by Crippen LogP contribution is -2.30. The van der Waals surface area contributed by atoms with Gasteiger partial charge in [-0.15, -0.1) is 0 Å². The largest absolute Gasteiger partial charge is 0.497 e. The monoisotopic (exact) mass is 588 g/mol. The van der Waals surface area contributed by atoms with Crippen molar-refractivity contribution in [1.82, 2.24) is 0 Å². The highest BCUT2D eigenvalue weighted by Gasteiger charge is 2.09. The van der Waals surface area contributed by atoms with Crippen LogP contribution in [0.15, 0.2) is 48.5 Å². The summed E-state index contributed by atoms with van der Waals surface area (Å²) in [6, 6.07) is 13.6. The van der Waals surface area contributed by atoms with Gasteiger partial charge in [0.15, 0.2) is 0 Å². The van der Waals surface area contributed by atoms with Crippen molar-refractivity contribution in [3.8, 4) is 5.75 Å². The van der Waals surface area contributed by atoms with Gasteiger partial charge in [-0.3, -0.25) is 19.2 Å². The minimum absolute atomic E-state index is 0.00588. The molecule has 3 rings (SSSR count). The van der Waals surface area contributed by atoms with Crippen LogP contribution >= 0.6 is 0 Å². The number of aliphatic carboxylic acids is 2. The number of carbonyl (C=O) groups excluding carboxylic acids is 2. The van der Waals surface area contributed by atoms with Crippen molar-refractivity contribution < 1.29 is 34.1 Å². The Hall–Kier alpha value is -3.80. The van der Waals surface area contributed by atoms with Gasteiger partial charge in [-0.05, 0) is 80.6 Å². The van der Waals surface area contributed by atoms with Crippen molar-refractivity contribution in [2.45, 2.75) is 83.2 Å². The summed E-state index contributed by atoms with van der Waals surface area (Å²) in [7, 11) is 1.58. The summed E-state index contributed by atoms with van der Waals surface area (Å²) in [6.45, 7) is 2.45. The summed E-state index contributed by atoms with van der Waals surface area (Å²) in [6.07, 6.45) is 9.99. The van der Waals surface area contributed by atoms with Crippen LogP contribution in [0.3, 0.4) is 0 Å². The number of aldehydes is 1. The van der Waals surface area contributed by atoms with E-state index in [1.165, 1.54) is 32.1 Å². The molecule has 1 atom stereocenters. The quantitative estimate of drug-likeness (QED) is 0.208. The van der Waals surface area contributed by atoms with Gasteiger partial charge in [-0.2, -0.15) is 0 Å². The zero-order valence-electron chi connectivity index (χ0n) is 24.8. The molecule has 11 heteroatoms. The molecule has 1 fully saturated rings. The number of methoxy groups -OCH3 is 1. The molecule has 2 aromatic rings. The van der Waals surface area contributed by atoms with Crippen molar-refractivity contribution in [1.29, 1.82) is 0 Å². The van der Waals surface area contributed by atoms with E-state index >= 15 is 0 Å². The molecular weight excluding hydrogens is 540 g/mol. The van der Waals surface area contributed by atoms with Gasteiger partial charge in [0, 0.05) is 23.7 Å². The fourth-order valence-electron chi connectivity index (χ4n) is 3.61. The van der Waals surface area contributed by atoms with Gasteiger partial charge in [0.25, 0.3) is 0 Å². The molecular formula is C31H48N4O7. The summed E-state index contributed by atoms with van der Waals surface area (Å²) in [5.74, 6) is -1.03. The van der Waals surface area contributed by atoms with Crippen LogP contribution in [0.2, 0.25) is 0 Å². The molecule has 0 radical (unpaired) electrons. The van der Waals surface area contributed by atoms with Crippen LogP contribution < -0.4 is 27.3 Å². The Bertz CT molecular complexity index is 1020. The highest BCUT2D eigenvalue weighted by molar-refractivity contribution is 5.91. The van der Waals surface area contributed by atoms with Crippen molar-refractivity contribution in [2.24, 2.45) is 17.2 Å². The number of carbonyl (C=O) groups is 4. The standard InChI is InChI=1S/C11H13NO2.C9H10O3.C6H13N.C5H12N2O2/c1-2-3-11(14)12-10-6-4-9(8-13)5-7-10;1-12-8-4-2-7(3-5-8)6-9(10)11;7-6-4-2-1-3-5-6;6-3-1-2-4(7)5(8)9/h4-8H,2-3H2,1H3,(H,12,14);2-5H,6H2,1H3,(H,10,11);6H,1-5,7H2;4H,1-3,6-7H2,(H,8,9)/t;;;4-/m...0/s1. The molecule has 0 unspecified atom stereocenters. The maximum Gasteiger partial charge on any atom is 0.320 e. The Morgan fingerprint density at radius 1 is 1.02 bits per heavy atom. The first-order chi connectivity index (χ1) is 20.1. The Labute approximate surface area is 248 Å². The van der Waals surface area contributed by atoms with Gasteiger partial charge in [0.2, 0.25) is 5.91 Å². The summed E-state index contributed by atoms with van der Waals surface area (Å²) >= 11 is 0. The Kier molecular flexibility index (Phi) is 21.7. The van der Waals surface area contributed by atoms with E-state index in [0.717, 1.165) is 29.7 Å². The number of carboxylic acid groups (broad SMARTS) is 2. The number of anilines is 1. The predicted octanol–water partition coefficient (Wildman–Crippen LogP) is 3.98. The van der Waals surface area contributed by atoms with Crippen LogP contribution in [-0.4, -0.2) is 60.1 Å². The zero-order valence-corrected chi connectivity index (χ0v) is 24.8. The van der Waals surface area contributed by atoms with Crippen LogP contribution in [0.1, 0.15) is 80.6 Å². The van der Waals surface area contributed by atoms with Crippen molar-refractivity contribution >= 4 is 29.8 Å². The second-order valence-corrected chi connectivity index (χ2v) is 9.73. The number of carboxylic acids is 2. The number of ether oxygens (including phenoxy) is 1. The Morgan fingerprint density at radius 3 is 2.02 bits per heavy atom. The molecule has 9 N–H and O–H groups in total. The summed E-state index contributed by atoms with van der Waals surface area (Å²) in [5.41, 5.74) is 18.0. The summed E-state index contributed by atoms with van der Waals surface area (Å²) in [4.78, 5) is 41.9. The third-order valence-corrected chi connectivity index (χ3v) is 6.01. The highest BCUT2D eigenvalue weighted by Crippen LogP contribution is 2.15. The lowest BCUT2D eigenvalue weighted by atomic mass is 9.97. The van der Waals surface area contributed by atoms with Crippen LogP contribution in [0.4, 0.5) is 5.69 Å². The number of nitrogens with one attached hydrogen (secondary N) is 1. The van der Waals surface area contributed by atoms with Crippen LogP contribution in [-0.2, 0) is 20.8 Å². The first kappa shape index (κ1) is 38.2. The second kappa shape index (κ2) is 23.9. The molecule has 0 aliphatic heterocycles. The Balaban J connectivity index is 0.000000550. The van der Waals surface area contributed by atoms with E-state index in [9.17, 15) is 19.2 Å². The van der Waals surface area contributed by atoms with E-state index in [-0.39, 0.29) is 12.3 Å². The SMILES string of the molecule is CCCC(=O)Nc1ccc(C=O)cc1.COc1ccc(CC(=O)O)cc1.NC1CCCCC1.NCCC[C@H](N)C(=O)O. The van der Waals surface area contributed by atoms with E-state index in [1.54, 1.807) is 55.6 Å². The summed E-state index contributed by atoms with van der Waals surface area (Å²) < 4.78 is 4.93. The smallest absolute Gasteiger partial charge is 0.320 e. The van der Waals surface area contributed by atoms with Gasteiger partial charge in [0.1, 0.15) is 18.1 Å². The van der Waals surface area contributed by atoms with E-state index in [1.807, 2.05) is 6.92 Å². The van der Waals surface area contributed by atoms with Gasteiger partial charge in [0.05, 0.1) is 13.5 Å². The number of amides is 1. The third-order valence-electron chi connectivity index (χ3n) is 6.01. The van der Waals surface area contributed by atoms with Crippen molar-refractivity contribution in [2.75, 3.05) is 19.0 Å². The molecule has 2 aromatic carbocycles. The second-order valence-electron chi connectivity index (χ2n) is 9.73. The maximum atomic E-state index is 11.2. The first-order valence-corrected chi connectivity index (χ1v) is 14.2. The molecule has 1 aliphatic rings. The zero-order chi connectivity index (χ0) is 31.8. The number of hydrogen-bond donors (Lipinski definition) is 6. The molecule has 0 bridgehead atoms. The summed E-state index contributed by atoms with van der Waals surface area (Å²) in [5, 5.41) is 19.4. The topological polar surface area (TPSA) is 208 Å². The average Bonchev–Trinajstić information content (AvgIpc) is 2.98. The molecule has 1 saturated carbocycles. The fourth-order valence-corrected chi connectivity index (χ4v) is 3.61. The fraction of sp³-hybridized carbons (Fsp3) is 0.484. The molecule has 0 spiro atoms. The van der Waals surface area contributed by atoms with Gasteiger partial charge in [-0.25, -0.2) is 0 Å². The number of benzene rings is 2. The molecule has 42 heavy (non-hydrogen) atoms. The van der Waals surface area contributed by atoms with Crippen LogP contribution in [0, 0.1) is 0 Å². The molecule has 0 heterocycles. The van der Waals surface area contributed by atoms with Gasteiger partial charge in [-0.1, -0.05) is 38.3 Å². The maximum absolute atomic E-state index is 11.2. The molecule has 1 aliphatic carbocycles. The van der Waals surface area contributed by atoms with E-state index in [0.29, 0.717) is 37.4 Å².